The van der Waals surface area contributed by atoms with Crippen molar-refractivity contribution in [3.63, 3.8) is 0 Å². The van der Waals surface area contributed by atoms with Gasteiger partial charge in [-0.1, -0.05) is 42.5 Å². The molecule has 1 amide bonds. The maximum atomic E-state index is 12.9. The summed E-state index contributed by atoms with van der Waals surface area (Å²) in [5.74, 6) is -2.01. The van der Waals surface area contributed by atoms with E-state index >= 15 is 0 Å². The first-order valence-electron chi connectivity index (χ1n) is 9.55. The predicted octanol–water partition coefficient (Wildman–Crippen LogP) is 4.25. The summed E-state index contributed by atoms with van der Waals surface area (Å²) in [4.78, 5) is 24.1. The Morgan fingerprint density at radius 3 is 2.42 bits per heavy atom. The topological polar surface area (TPSA) is 104 Å². The van der Waals surface area contributed by atoms with Crippen LogP contribution in [0.5, 0.6) is 5.75 Å². The first kappa shape index (κ1) is 19.9. The molecule has 7 heteroatoms. The number of hydrogen-bond donors (Lipinski definition) is 3. The van der Waals surface area contributed by atoms with E-state index in [-0.39, 0.29) is 22.9 Å². The fraction of sp³-hybridized carbons (Fsp3) is 0.0417. The number of aromatic hydroxyl groups is 1. The molecule has 0 aliphatic carbocycles. The molecule has 4 aromatic rings. The maximum absolute atomic E-state index is 12.9. The van der Waals surface area contributed by atoms with Crippen molar-refractivity contribution in [2.75, 3.05) is 5.32 Å². The summed E-state index contributed by atoms with van der Waals surface area (Å²) in [6.07, 6.45) is 3.63. The van der Waals surface area contributed by atoms with Gasteiger partial charge in [-0.2, -0.15) is 5.10 Å². The Bertz CT molecular complexity index is 1230. The van der Waals surface area contributed by atoms with E-state index in [4.69, 9.17) is 5.11 Å². The molecule has 0 saturated carbocycles. The number of hydrogen-bond acceptors (Lipinski definition) is 4. The molecule has 0 radical (unpaired) electrons. The third kappa shape index (κ3) is 4.45. The molecule has 0 aliphatic heterocycles. The van der Waals surface area contributed by atoms with Gasteiger partial charge in [-0.05, 0) is 47.0 Å². The average Bonchev–Trinajstić information content (AvgIpc) is 3.28. The Hall–Kier alpha value is -4.39. The lowest BCUT2D eigenvalue weighted by molar-refractivity contribution is 0.0693. The van der Waals surface area contributed by atoms with Crippen molar-refractivity contribution in [2.45, 2.75) is 6.54 Å². The maximum Gasteiger partial charge on any atom is 0.339 e. The molecule has 4 rings (SSSR count). The van der Waals surface area contributed by atoms with Crippen LogP contribution < -0.4 is 5.32 Å². The number of rotatable bonds is 6. The van der Waals surface area contributed by atoms with Gasteiger partial charge in [0, 0.05) is 23.6 Å². The summed E-state index contributed by atoms with van der Waals surface area (Å²) in [6.45, 7) is 0.655. The quantitative estimate of drug-likeness (QED) is 0.410. The number of carboxylic acids is 1. The minimum atomic E-state index is -1.27. The van der Waals surface area contributed by atoms with Gasteiger partial charge in [-0.25, -0.2) is 4.79 Å². The van der Waals surface area contributed by atoms with E-state index in [0.717, 1.165) is 16.7 Å². The highest BCUT2D eigenvalue weighted by molar-refractivity contribution is 6.09. The van der Waals surface area contributed by atoms with Crippen LogP contribution in [0.15, 0.2) is 85.2 Å². The Morgan fingerprint density at radius 2 is 1.71 bits per heavy atom. The highest BCUT2D eigenvalue weighted by atomic mass is 16.4. The standard InChI is InChI=1S/C24H19N3O4/c28-22-11-10-18(14-21(22)24(30)31)26-23(29)20-5-2-1-4-19(20)17-8-6-16(7-9-17)15-27-13-3-12-25-27/h1-14,28H,15H2,(H,26,29)(H,30,31). The zero-order valence-corrected chi connectivity index (χ0v) is 16.4. The molecule has 154 valence electrons. The summed E-state index contributed by atoms with van der Waals surface area (Å²) in [5.41, 5.74) is 3.17. The van der Waals surface area contributed by atoms with Gasteiger partial charge >= 0.3 is 5.97 Å². The average molecular weight is 413 g/mol. The van der Waals surface area contributed by atoms with Gasteiger partial charge in [0.2, 0.25) is 0 Å². The number of anilines is 1. The second kappa shape index (κ2) is 8.54. The fourth-order valence-electron chi connectivity index (χ4n) is 3.29. The lowest BCUT2D eigenvalue weighted by Gasteiger charge is -2.12. The Balaban J connectivity index is 1.58. The zero-order valence-electron chi connectivity index (χ0n) is 16.4. The lowest BCUT2D eigenvalue weighted by Crippen LogP contribution is -2.13. The molecular formula is C24H19N3O4. The number of nitrogens with zero attached hydrogens (tertiary/aromatic N) is 2. The molecule has 0 atom stereocenters. The summed E-state index contributed by atoms with van der Waals surface area (Å²) in [7, 11) is 0. The number of aromatic nitrogens is 2. The molecule has 3 N–H and O–H groups in total. The van der Waals surface area contributed by atoms with Crippen LogP contribution in [-0.2, 0) is 6.54 Å². The third-order valence-corrected chi connectivity index (χ3v) is 4.83. The normalized spacial score (nSPS) is 10.6. The van der Waals surface area contributed by atoms with E-state index in [1.165, 1.54) is 18.2 Å². The van der Waals surface area contributed by atoms with E-state index < -0.39 is 5.97 Å². The molecule has 0 spiro atoms. The van der Waals surface area contributed by atoms with Crippen LogP contribution in [0.25, 0.3) is 11.1 Å². The van der Waals surface area contributed by atoms with Crippen LogP contribution in [0.2, 0.25) is 0 Å². The number of carbonyl (C=O) groups excluding carboxylic acids is 1. The fourth-order valence-corrected chi connectivity index (χ4v) is 3.29. The summed E-state index contributed by atoms with van der Waals surface area (Å²) < 4.78 is 1.83. The minimum Gasteiger partial charge on any atom is -0.507 e. The summed E-state index contributed by atoms with van der Waals surface area (Å²) >= 11 is 0. The van der Waals surface area contributed by atoms with Crippen molar-refractivity contribution >= 4 is 17.6 Å². The Labute approximate surface area is 178 Å². The monoisotopic (exact) mass is 413 g/mol. The largest absolute Gasteiger partial charge is 0.507 e. The number of amides is 1. The number of phenols is 1. The van der Waals surface area contributed by atoms with E-state index in [2.05, 4.69) is 10.4 Å². The van der Waals surface area contributed by atoms with Crippen molar-refractivity contribution in [3.8, 4) is 16.9 Å². The molecule has 7 nitrogen and oxygen atoms in total. The van der Waals surface area contributed by atoms with Gasteiger partial charge in [0.05, 0.1) is 6.54 Å². The first-order valence-corrected chi connectivity index (χ1v) is 9.55. The predicted molar refractivity (Wildman–Crippen MR) is 116 cm³/mol. The molecule has 0 aliphatic rings. The number of carbonyl (C=O) groups is 2. The molecule has 1 heterocycles. The Kier molecular flexibility index (Phi) is 5.49. The van der Waals surface area contributed by atoms with Gasteiger partial charge in [0.1, 0.15) is 11.3 Å². The molecule has 0 fully saturated rings. The molecule has 1 aromatic heterocycles. The highest BCUT2D eigenvalue weighted by Crippen LogP contribution is 2.26. The smallest absolute Gasteiger partial charge is 0.339 e. The van der Waals surface area contributed by atoms with Crippen LogP contribution in [0.4, 0.5) is 5.69 Å². The SMILES string of the molecule is O=C(O)c1cc(NC(=O)c2ccccc2-c2ccc(Cn3cccn3)cc2)ccc1O. The van der Waals surface area contributed by atoms with Gasteiger partial charge in [-0.15, -0.1) is 0 Å². The van der Waals surface area contributed by atoms with Crippen LogP contribution in [-0.4, -0.2) is 31.9 Å². The Morgan fingerprint density at radius 1 is 0.935 bits per heavy atom. The van der Waals surface area contributed by atoms with Crippen LogP contribution in [0.1, 0.15) is 26.3 Å². The van der Waals surface area contributed by atoms with Crippen molar-refractivity contribution in [3.05, 3.63) is 102 Å². The van der Waals surface area contributed by atoms with Crippen LogP contribution in [0.3, 0.4) is 0 Å². The minimum absolute atomic E-state index is 0.279. The number of nitrogens with one attached hydrogen (secondary N) is 1. The van der Waals surface area contributed by atoms with Gasteiger partial charge in [0.15, 0.2) is 0 Å². The zero-order chi connectivity index (χ0) is 21.8. The van der Waals surface area contributed by atoms with E-state index in [0.29, 0.717) is 12.1 Å². The van der Waals surface area contributed by atoms with Crippen LogP contribution >= 0.6 is 0 Å². The van der Waals surface area contributed by atoms with Crippen molar-refractivity contribution in [1.82, 2.24) is 9.78 Å². The number of aromatic carboxylic acids is 1. The van der Waals surface area contributed by atoms with E-state index in [1.54, 1.807) is 18.3 Å². The van der Waals surface area contributed by atoms with E-state index in [9.17, 15) is 14.7 Å². The number of benzene rings is 3. The van der Waals surface area contributed by atoms with Crippen molar-refractivity contribution in [2.24, 2.45) is 0 Å². The van der Waals surface area contributed by atoms with Crippen molar-refractivity contribution < 1.29 is 19.8 Å². The van der Waals surface area contributed by atoms with Crippen molar-refractivity contribution in [1.29, 1.82) is 0 Å². The van der Waals surface area contributed by atoms with E-state index in [1.807, 2.05) is 53.3 Å². The summed E-state index contributed by atoms with van der Waals surface area (Å²) in [5, 5.41) is 25.7. The van der Waals surface area contributed by atoms with Gasteiger partial charge in [-0.3, -0.25) is 9.48 Å². The second-order valence-corrected chi connectivity index (χ2v) is 6.94. The van der Waals surface area contributed by atoms with Gasteiger partial charge < -0.3 is 15.5 Å². The van der Waals surface area contributed by atoms with Crippen LogP contribution in [0, 0.1) is 0 Å². The second-order valence-electron chi connectivity index (χ2n) is 6.94. The molecule has 0 saturated heterocycles. The molecule has 31 heavy (non-hydrogen) atoms. The molecule has 0 unspecified atom stereocenters. The first-order chi connectivity index (χ1) is 15.0. The third-order valence-electron chi connectivity index (χ3n) is 4.83. The highest BCUT2D eigenvalue weighted by Gasteiger charge is 2.15. The number of carboxylic acid groups (broad SMARTS) is 1. The molecule has 0 bridgehead atoms. The van der Waals surface area contributed by atoms with Gasteiger partial charge in [0.25, 0.3) is 5.91 Å². The summed E-state index contributed by atoms with van der Waals surface area (Å²) in [6, 6.07) is 20.9. The molecule has 3 aromatic carbocycles. The lowest BCUT2D eigenvalue weighted by atomic mass is 9.98. The molecular weight excluding hydrogens is 394 g/mol.